The van der Waals surface area contributed by atoms with E-state index in [2.05, 4.69) is 15.7 Å². The highest BCUT2D eigenvalue weighted by atomic mass is 35.5. The third-order valence-electron chi connectivity index (χ3n) is 4.64. The van der Waals surface area contributed by atoms with Gasteiger partial charge >= 0.3 is 0 Å². The molecule has 2 amide bonds. The Morgan fingerprint density at radius 2 is 1.86 bits per heavy atom. The fraction of sp³-hybridized carbons (Fsp3) is 0.150. The van der Waals surface area contributed by atoms with Crippen LogP contribution in [0.2, 0.25) is 15.1 Å². The van der Waals surface area contributed by atoms with Gasteiger partial charge in [0.25, 0.3) is 5.91 Å². The molecule has 1 aliphatic heterocycles. The molecule has 29 heavy (non-hydrogen) atoms. The topological polar surface area (TPSA) is 76.0 Å². The van der Waals surface area contributed by atoms with Crippen LogP contribution in [0.3, 0.4) is 0 Å². The standard InChI is InChI=1S/C20H15Cl3N4O2/c1-10-18(11-2-4-12(21)5-3-11)19-25-20(29)16(27(19)26-10)9-17(28)24-13-6-7-14(22)15(23)8-13/h2-8,16H,9H2,1H3,(H,24,28)(H,25,29). The predicted molar refractivity (Wildman–Crippen MR) is 115 cm³/mol. The molecule has 3 aromatic rings. The normalized spacial score (nSPS) is 15.2. The molecule has 4 rings (SSSR count). The summed E-state index contributed by atoms with van der Waals surface area (Å²) in [5.41, 5.74) is 2.94. The lowest BCUT2D eigenvalue weighted by Gasteiger charge is -2.10. The molecule has 148 valence electrons. The van der Waals surface area contributed by atoms with Gasteiger partial charge in [0.15, 0.2) is 0 Å². The first-order valence-corrected chi connectivity index (χ1v) is 9.87. The highest BCUT2D eigenvalue weighted by Crippen LogP contribution is 2.38. The molecule has 0 spiro atoms. The molecule has 0 saturated carbocycles. The van der Waals surface area contributed by atoms with E-state index in [-0.39, 0.29) is 18.2 Å². The summed E-state index contributed by atoms with van der Waals surface area (Å²) in [4.78, 5) is 25.0. The van der Waals surface area contributed by atoms with Gasteiger partial charge in [-0.1, -0.05) is 46.9 Å². The Morgan fingerprint density at radius 1 is 1.14 bits per heavy atom. The quantitative estimate of drug-likeness (QED) is 0.564. The van der Waals surface area contributed by atoms with Gasteiger partial charge in [0.1, 0.15) is 11.9 Å². The molecule has 0 aliphatic carbocycles. The minimum absolute atomic E-state index is 0.0692. The van der Waals surface area contributed by atoms with Crippen LogP contribution in [0.1, 0.15) is 18.2 Å². The number of halogens is 3. The molecule has 0 bridgehead atoms. The van der Waals surface area contributed by atoms with E-state index in [0.29, 0.717) is 26.6 Å². The van der Waals surface area contributed by atoms with E-state index in [1.807, 2.05) is 19.1 Å². The van der Waals surface area contributed by atoms with E-state index >= 15 is 0 Å². The largest absolute Gasteiger partial charge is 0.326 e. The molecule has 2 N–H and O–H groups in total. The summed E-state index contributed by atoms with van der Waals surface area (Å²) in [7, 11) is 0. The highest BCUT2D eigenvalue weighted by Gasteiger charge is 2.36. The van der Waals surface area contributed by atoms with Crippen LogP contribution in [0, 0.1) is 6.92 Å². The number of nitrogens with one attached hydrogen (secondary N) is 2. The monoisotopic (exact) mass is 448 g/mol. The molecular formula is C20H15Cl3N4O2. The SMILES string of the molecule is Cc1nn2c(c1-c1ccc(Cl)cc1)NC(=O)C2CC(=O)Nc1ccc(Cl)c(Cl)c1. The molecule has 2 heterocycles. The summed E-state index contributed by atoms with van der Waals surface area (Å²) in [6.45, 7) is 1.86. The molecule has 0 saturated heterocycles. The summed E-state index contributed by atoms with van der Waals surface area (Å²) in [5.74, 6) is -0.0493. The first-order chi connectivity index (χ1) is 13.8. The van der Waals surface area contributed by atoms with Crippen LogP contribution >= 0.6 is 34.8 Å². The lowest BCUT2D eigenvalue weighted by molar-refractivity contribution is -0.123. The van der Waals surface area contributed by atoms with Crippen molar-refractivity contribution in [3.05, 3.63) is 63.2 Å². The van der Waals surface area contributed by atoms with Gasteiger partial charge in [-0.2, -0.15) is 5.10 Å². The van der Waals surface area contributed by atoms with Gasteiger partial charge in [0.2, 0.25) is 5.91 Å². The number of carbonyl (C=O) groups is 2. The van der Waals surface area contributed by atoms with Crippen LogP contribution in [0.25, 0.3) is 11.1 Å². The number of benzene rings is 2. The van der Waals surface area contributed by atoms with Gasteiger partial charge in [-0.15, -0.1) is 0 Å². The van der Waals surface area contributed by atoms with Crippen molar-refractivity contribution in [1.29, 1.82) is 0 Å². The molecule has 1 aromatic heterocycles. The molecule has 2 aromatic carbocycles. The number of fused-ring (bicyclic) bond motifs is 1. The summed E-state index contributed by atoms with van der Waals surface area (Å²) in [5, 5.41) is 11.4. The van der Waals surface area contributed by atoms with Gasteiger partial charge in [-0.25, -0.2) is 4.68 Å². The number of amides is 2. The zero-order valence-electron chi connectivity index (χ0n) is 15.2. The fourth-order valence-electron chi connectivity index (χ4n) is 3.31. The minimum atomic E-state index is -0.743. The van der Waals surface area contributed by atoms with E-state index in [0.717, 1.165) is 16.8 Å². The first kappa shape index (κ1) is 19.8. The van der Waals surface area contributed by atoms with Crippen molar-refractivity contribution in [3.8, 4) is 11.1 Å². The van der Waals surface area contributed by atoms with Crippen LogP contribution in [-0.2, 0) is 9.59 Å². The number of nitrogens with zero attached hydrogens (tertiary/aromatic N) is 2. The summed E-state index contributed by atoms with van der Waals surface area (Å²) in [6.07, 6.45) is -0.0692. The molecule has 0 fully saturated rings. The average Bonchev–Trinajstić information content (AvgIpc) is 3.13. The Morgan fingerprint density at radius 3 is 2.55 bits per heavy atom. The van der Waals surface area contributed by atoms with E-state index in [1.165, 1.54) is 0 Å². The van der Waals surface area contributed by atoms with Gasteiger partial charge in [-0.05, 0) is 42.8 Å². The third kappa shape index (κ3) is 3.83. The Labute approximate surface area is 181 Å². The maximum atomic E-state index is 12.5. The molecular weight excluding hydrogens is 435 g/mol. The Balaban J connectivity index is 1.57. The zero-order chi connectivity index (χ0) is 20.7. The number of aromatic nitrogens is 2. The molecule has 1 aliphatic rings. The summed E-state index contributed by atoms with van der Waals surface area (Å²) >= 11 is 17.8. The van der Waals surface area contributed by atoms with Gasteiger partial charge < -0.3 is 10.6 Å². The number of anilines is 2. The van der Waals surface area contributed by atoms with Crippen LogP contribution in [-0.4, -0.2) is 21.6 Å². The molecule has 0 radical (unpaired) electrons. The fourth-order valence-corrected chi connectivity index (χ4v) is 3.73. The molecule has 6 nitrogen and oxygen atoms in total. The number of hydrogen-bond acceptors (Lipinski definition) is 3. The molecule has 9 heteroatoms. The first-order valence-electron chi connectivity index (χ1n) is 8.74. The molecule has 1 atom stereocenters. The smallest absolute Gasteiger partial charge is 0.251 e. The van der Waals surface area contributed by atoms with E-state index in [9.17, 15) is 9.59 Å². The Bertz CT molecular complexity index is 1130. The lowest BCUT2D eigenvalue weighted by Crippen LogP contribution is -2.23. The van der Waals surface area contributed by atoms with Crippen LogP contribution in [0.5, 0.6) is 0 Å². The third-order valence-corrected chi connectivity index (χ3v) is 5.63. The van der Waals surface area contributed by atoms with Gasteiger partial charge in [0, 0.05) is 16.3 Å². The van der Waals surface area contributed by atoms with Gasteiger partial charge in [0.05, 0.1) is 22.2 Å². The highest BCUT2D eigenvalue weighted by molar-refractivity contribution is 6.42. The van der Waals surface area contributed by atoms with E-state index in [1.54, 1.807) is 35.0 Å². The lowest BCUT2D eigenvalue weighted by atomic mass is 10.1. The summed E-state index contributed by atoms with van der Waals surface area (Å²) in [6, 6.07) is 11.3. The van der Waals surface area contributed by atoms with Crippen molar-refractivity contribution >= 4 is 58.1 Å². The van der Waals surface area contributed by atoms with Crippen molar-refractivity contribution in [3.63, 3.8) is 0 Å². The maximum absolute atomic E-state index is 12.5. The molecule has 1 unspecified atom stereocenters. The Kier molecular flexibility index (Phi) is 5.25. The van der Waals surface area contributed by atoms with E-state index < -0.39 is 6.04 Å². The number of hydrogen-bond donors (Lipinski definition) is 2. The van der Waals surface area contributed by atoms with Crippen molar-refractivity contribution in [2.45, 2.75) is 19.4 Å². The maximum Gasteiger partial charge on any atom is 0.251 e. The predicted octanol–water partition coefficient (Wildman–Crippen LogP) is 5.34. The summed E-state index contributed by atoms with van der Waals surface area (Å²) < 4.78 is 1.57. The van der Waals surface area contributed by atoms with Crippen molar-refractivity contribution in [1.82, 2.24) is 9.78 Å². The van der Waals surface area contributed by atoms with Crippen LogP contribution in [0.15, 0.2) is 42.5 Å². The minimum Gasteiger partial charge on any atom is -0.326 e. The van der Waals surface area contributed by atoms with Crippen molar-refractivity contribution in [2.75, 3.05) is 10.6 Å². The number of aryl methyl sites for hydroxylation is 1. The zero-order valence-corrected chi connectivity index (χ0v) is 17.4. The van der Waals surface area contributed by atoms with Crippen molar-refractivity contribution < 1.29 is 9.59 Å². The second-order valence-electron chi connectivity index (χ2n) is 6.65. The average molecular weight is 450 g/mol. The Hall–Kier alpha value is -2.54. The van der Waals surface area contributed by atoms with Crippen LogP contribution < -0.4 is 10.6 Å². The second kappa shape index (κ2) is 7.71. The van der Waals surface area contributed by atoms with E-state index in [4.69, 9.17) is 34.8 Å². The number of rotatable bonds is 4. The van der Waals surface area contributed by atoms with Crippen LogP contribution in [0.4, 0.5) is 11.5 Å². The second-order valence-corrected chi connectivity index (χ2v) is 7.90. The van der Waals surface area contributed by atoms with Gasteiger partial charge in [-0.3, -0.25) is 9.59 Å². The number of carbonyl (C=O) groups excluding carboxylic acids is 2. The van der Waals surface area contributed by atoms with Crippen molar-refractivity contribution in [2.24, 2.45) is 0 Å².